The topological polar surface area (TPSA) is 38.0 Å². The van der Waals surface area contributed by atoms with Gasteiger partial charge in [-0.1, -0.05) is 37.6 Å². The van der Waals surface area contributed by atoms with Crippen LogP contribution in [0.3, 0.4) is 0 Å². The Labute approximate surface area is 119 Å². The zero-order valence-corrected chi connectivity index (χ0v) is 12.3. The van der Waals surface area contributed by atoms with Crippen LogP contribution < -0.4 is 11.1 Å². The second kappa shape index (κ2) is 5.54. The van der Waals surface area contributed by atoms with Crippen molar-refractivity contribution in [1.29, 1.82) is 0 Å². The molecule has 3 heteroatoms. The van der Waals surface area contributed by atoms with Crippen molar-refractivity contribution in [3.63, 3.8) is 0 Å². The number of anilines is 3. The first kappa shape index (κ1) is 13.8. The maximum Gasteiger partial charge on any atom is 0.0656 e. The van der Waals surface area contributed by atoms with Crippen LogP contribution >= 0.6 is 11.6 Å². The van der Waals surface area contributed by atoms with Crippen LogP contribution in [0.25, 0.3) is 0 Å². The molecule has 2 rings (SSSR count). The molecule has 0 saturated carbocycles. The smallest absolute Gasteiger partial charge is 0.0656 e. The summed E-state index contributed by atoms with van der Waals surface area (Å²) in [6.07, 6.45) is 0. The molecule has 0 unspecified atom stereocenters. The summed E-state index contributed by atoms with van der Waals surface area (Å²) in [7, 11) is 0. The van der Waals surface area contributed by atoms with Gasteiger partial charge in [0.25, 0.3) is 0 Å². The third-order valence-corrected chi connectivity index (χ3v) is 3.53. The molecule has 0 amide bonds. The molecule has 100 valence electrons. The van der Waals surface area contributed by atoms with Crippen molar-refractivity contribution in [1.82, 2.24) is 0 Å². The second-order valence-electron chi connectivity index (χ2n) is 5.09. The number of hydrogen-bond donors (Lipinski definition) is 2. The SMILES string of the molecule is Cc1cc(N)c(Cl)cc1Nc1ccc(C(C)C)cc1. The van der Waals surface area contributed by atoms with E-state index in [0.717, 1.165) is 16.9 Å². The molecule has 0 fully saturated rings. The molecule has 0 bridgehead atoms. The standard InChI is InChI=1S/C16H19ClN2/c1-10(2)12-4-6-13(7-5-12)19-16-9-14(17)15(18)8-11(16)3/h4-10,19H,18H2,1-3H3. The van der Waals surface area contributed by atoms with Crippen LogP contribution in [0.15, 0.2) is 36.4 Å². The van der Waals surface area contributed by atoms with Crippen molar-refractivity contribution < 1.29 is 0 Å². The highest BCUT2D eigenvalue weighted by Gasteiger charge is 2.04. The van der Waals surface area contributed by atoms with Crippen molar-refractivity contribution in [3.05, 3.63) is 52.5 Å². The van der Waals surface area contributed by atoms with Crippen LogP contribution in [0.4, 0.5) is 17.1 Å². The predicted molar refractivity (Wildman–Crippen MR) is 84.4 cm³/mol. The minimum absolute atomic E-state index is 0.543. The molecule has 2 aromatic carbocycles. The van der Waals surface area contributed by atoms with Gasteiger partial charge in [-0.05, 0) is 48.2 Å². The summed E-state index contributed by atoms with van der Waals surface area (Å²) < 4.78 is 0. The molecule has 0 aromatic heterocycles. The molecule has 0 aliphatic rings. The third-order valence-electron chi connectivity index (χ3n) is 3.20. The lowest BCUT2D eigenvalue weighted by Gasteiger charge is -2.12. The summed E-state index contributed by atoms with van der Waals surface area (Å²) >= 11 is 6.05. The average molecular weight is 275 g/mol. The molecule has 0 heterocycles. The molecule has 2 nitrogen and oxygen atoms in total. The Morgan fingerprint density at radius 3 is 2.32 bits per heavy atom. The monoisotopic (exact) mass is 274 g/mol. The summed E-state index contributed by atoms with van der Waals surface area (Å²) in [5.74, 6) is 0.543. The molecule has 0 aliphatic carbocycles. The maximum atomic E-state index is 6.05. The molecular weight excluding hydrogens is 256 g/mol. The number of halogens is 1. The Balaban J connectivity index is 2.24. The zero-order chi connectivity index (χ0) is 14.0. The van der Waals surface area contributed by atoms with Crippen LogP contribution in [-0.4, -0.2) is 0 Å². The van der Waals surface area contributed by atoms with Crippen molar-refractivity contribution in [2.75, 3.05) is 11.1 Å². The molecule has 0 radical (unpaired) electrons. The van der Waals surface area contributed by atoms with Gasteiger partial charge in [-0.2, -0.15) is 0 Å². The predicted octanol–water partition coefficient (Wildman–Crippen LogP) is 5.10. The van der Waals surface area contributed by atoms with Crippen LogP contribution in [0, 0.1) is 6.92 Å². The second-order valence-corrected chi connectivity index (χ2v) is 5.50. The summed E-state index contributed by atoms with van der Waals surface area (Å²) in [6, 6.07) is 12.2. The molecular formula is C16H19ClN2. The van der Waals surface area contributed by atoms with Crippen LogP contribution in [0.2, 0.25) is 5.02 Å². The van der Waals surface area contributed by atoms with E-state index in [1.54, 1.807) is 0 Å². The van der Waals surface area contributed by atoms with Gasteiger partial charge in [-0.25, -0.2) is 0 Å². The van der Waals surface area contributed by atoms with E-state index in [1.165, 1.54) is 5.56 Å². The largest absolute Gasteiger partial charge is 0.398 e. The summed E-state index contributed by atoms with van der Waals surface area (Å²) in [6.45, 7) is 6.39. The summed E-state index contributed by atoms with van der Waals surface area (Å²) in [5.41, 5.74) is 10.8. The van der Waals surface area contributed by atoms with E-state index < -0.39 is 0 Å². The Morgan fingerprint density at radius 2 is 1.74 bits per heavy atom. The van der Waals surface area contributed by atoms with Crippen LogP contribution in [-0.2, 0) is 0 Å². The first-order valence-electron chi connectivity index (χ1n) is 6.40. The van der Waals surface area contributed by atoms with Gasteiger partial charge in [0.1, 0.15) is 0 Å². The van der Waals surface area contributed by atoms with E-state index in [0.29, 0.717) is 16.6 Å². The van der Waals surface area contributed by atoms with Gasteiger partial charge in [-0.15, -0.1) is 0 Å². The number of nitrogens with one attached hydrogen (secondary N) is 1. The maximum absolute atomic E-state index is 6.05. The van der Waals surface area contributed by atoms with Crippen molar-refractivity contribution in [2.45, 2.75) is 26.7 Å². The van der Waals surface area contributed by atoms with E-state index in [4.69, 9.17) is 17.3 Å². The van der Waals surface area contributed by atoms with Crippen molar-refractivity contribution in [3.8, 4) is 0 Å². The summed E-state index contributed by atoms with van der Waals surface area (Å²) in [4.78, 5) is 0. The highest BCUT2D eigenvalue weighted by molar-refractivity contribution is 6.33. The van der Waals surface area contributed by atoms with Crippen molar-refractivity contribution >= 4 is 28.7 Å². The first-order chi connectivity index (χ1) is 8.97. The lowest BCUT2D eigenvalue weighted by molar-refractivity contribution is 0.867. The number of nitrogens with two attached hydrogens (primary N) is 1. The Hall–Kier alpha value is -1.67. The lowest BCUT2D eigenvalue weighted by atomic mass is 10.0. The highest BCUT2D eigenvalue weighted by Crippen LogP contribution is 2.29. The molecule has 0 atom stereocenters. The third kappa shape index (κ3) is 3.21. The Morgan fingerprint density at radius 1 is 1.11 bits per heavy atom. The number of hydrogen-bond acceptors (Lipinski definition) is 2. The fourth-order valence-electron chi connectivity index (χ4n) is 1.95. The van der Waals surface area contributed by atoms with Gasteiger partial charge in [0, 0.05) is 11.4 Å². The molecule has 2 aromatic rings. The van der Waals surface area contributed by atoms with Crippen LogP contribution in [0.5, 0.6) is 0 Å². The van der Waals surface area contributed by atoms with Gasteiger partial charge in [0.15, 0.2) is 0 Å². The number of rotatable bonds is 3. The molecule has 0 aliphatic heterocycles. The molecule has 3 N–H and O–H groups in total. The minimum Gasteiger partial charge on any atom is -0.398 e. The number of benzene rings is 2. The van der Waals surface area contributed by atoms with E-state index >= 15 is 0 Å². The Bertz CT molecular complexity index is 574. The van der Waals surface area contributed by atoms with Gasteiger partial charge in [0.2, 0.25) is 0 Å². The van der Waals surface area contributed by atoms with Gasteiger partial charge < -0.3 is 11.1 Å². The lowest BCUT2D eigenvalue weighted by Crippen LogP contribution is -1.96. The first-order valence-corrected chi connectivity index (χ1v) is 6.78. The quantitative estimate of drug-likeness (QED) is 0.765. The summed E-state index contributed by atoms with van der Waals surface area (Å²) in [5, 5.41) is 3.94. The fraction of sp³-hybridized carbons (Fsp3) is 0.250. The van der Waals surface area contributed by atoms with Gasteiger partial charge >= 0.3 is 0 Å². The minimum atomic E-state index is 0.543. The Kier molecular flexibility index (Phi) is 4.01. The zero-order valence-electron chi connectivity index (χ0n) is 11.5. The highest BCUT2D eigenvalue weighted by atomic mass is 35.5. The number of aryl methyl sites for hydroxylation is 1. The molecule has 0 spiro atoms. The number of nitrogen functional groups attached to an aromatic ring is 1. The van der Waals surface area contributed by atoms with Gasteiger partial charge in [0.05, 0.1) is 10.7 Å². The van der Waals surface area contributed by atoms with Crippen LogP contribution in [0.1, 0.15) is 30.9 Å². The fourth-order valence-corrected chi connectivity index (χ4v) is 2.11. The van der Waals surface area contributed by atoms with E-state index in [1.807, 2.05) is 19.1 Å². The molecule has 0 saturated heterocycles. The van der Waals surface area contributed by atoms with Gasteiger partial charge in [-0.3, -0.25) is 0 Å². The molecule has 19 heavy (non-hydrogen) atoms. The normalized spacial score (nSPS) is 10.8. The van der Waals surface area contributed by atoms with E-state index in [9.17, 15) is 0 Å². The average Bonchev–Trinajstić information content (AvgIpc) is 2.36. The van der Waals surface area contributed by atoms with Crippen molar-refractivity contribution in [2.24, 2.45) is 0 Å². The van der Waals surface area contributed by atoms with E-state index in [2.05, 4.69) is 43.4 Å². The van der Waals surface area contributed by atoms with E-state index in [-0.39, 0.29) is 0 Å².